The van der Waals surface area contributed by atoms with Gasteiger partial charge in [0.2, 0.25) is 11.0 Å². The zero-order valence-electron chi connectivity index (χ0n) is 12.5. The number of nitrogens with zero attached hydrogens (tertiary/aromatic N) is 2. The Morgan fingerprint density at radius 2 is 2.36 bits per heavy atom. The summed E-state index contributed by atoms with van der Waals surface area (Å²) in [6, 6.07) is 0. The predicted molar refractivity (Wildman–Crippen MR) is 86.1 cm³/mol. The Hall–Kier alpha value is -1.19. The Morgan fingerprint density at radius 3 is 3.09 bits per heavy atom. The van der Waals surface area contributed by atoms with Gasteiger partial charge in [-0.15, -0.1) is 10.2 Å². The molecule has 0 saturated carbocycles. The molecule has 0 aromatic carbocycles. The molecular weight excluding hydrogens is 324 g/mol. The van der Waals surface area contributed by atoms with Crippen LogP contribution in [-0.2, 0) is 14.3 Å². The molecule has 0 bridgehead atoms. The topological polar surface area (TPSA) is 93.2 Å². The first-order valence-corrected chi connectivity index (χ1v) is 9.10. The Labute approximate surface area is 137 Å². The van der Waals surface area contributed by atoms with Gasteiger partial charge in [0.1, 0.15) is 0 Å². The number of esters is 1. The van der Waals surface area contributed by atoms with Crippen molar-refractivity contribution in [2.45, 2.75) is 30.5 Å². The zero-order valence-corrected chi connectivity index (χ0v) is 14.1. The van der Waals surface area contributed by atoms with Crippen molar-refractivity contribution in [1.82, 2.24) is 15.5 Å². The van der Waals surface area contributed by atoms with E-state index in [0.29, 0.717) is 28.4 Å². The van der Waals surface area contributed by atoms with Gasteiger partial charge in [-0.25, -0.2) is 0 Å². The number of anilines is 1. The summed E-state index contributed by atoms with van der Waals surface area (Å²) in [7, 11) is 0. The fraction of sp³-hybridized carbons (Fsp3) is 0.692. The van der Waals surface area contributed by atoms with Crippen LogP contribution in [0.25, 0.3) is 0 Å². The van der Waals surface area contributed by atoms with Crippen molar-refractivity contribution in [3.63, 3.8) is 0 Å². The molecule has 1 aromatic heterocycles. The summed E-state index contributed by atoms with van der Waals surface area (Å²) in [5.41, 5.74) is 0. The minimum absolute atomic E-state index is 0.0370. The van der Waals surface area contributed by atoms with Gasteiger partial charge in [0.15, 0.2) is 4.34 Å². The summed E-state index contributed by atoms with van der Waals surface area (Å²) in [6.07, 6.45) is 2.53. The number of ether oxygens (including phenoxy) is 1. The van der Waals surface area contributed by atoms with Crippen LogP contribution in [0.5, 0.6) is 0 Å². The molecule has 9 heteroatoms. The van der Waals surface area contributed by atoms with Crippen molar-refractivity contribution in [3.05, 3.63) is 0 Å². The Kier molecular flexibility index (Phi) is 7.07. The number of carbonyl (C=O) groups is 2. The predicted octanol–water partition coefficient (Wildman–Crippen LogP) is 1.52. The molecule has 2 heterocycles. The van der Waals surface area contributed by atoms with Crippen molar-refractivity contribution in [1.29, 1.82) is 0 Å². The second-order valence-electron chi connectivity index (χ2n) is 4.91. The van der Waals surface area contributed by atoms with Crippen LogP contribution < -0.4 is 10.6 Å². The molecule has 1 aromatic rings. The van der Waals surface area contributed by atoms with Gasteiger partial charge in [-0.1, -0.05) is 23.1 Å². The minimum atomic E-state index is -0.279. The molecule has 0 spiro atoms. The summed E-state index contributed by atoms with van der Waals surface area (Å²) in [5, 5.41) is 14.4. The Balaban J connectivity index is 1.69. The summed E-state index contributed by atoms with van der Waals surface area (Å²) in [6.45, 7) is 4.18. The number of nitrogens with one attached hydrogen (secondary N) is 2. The molecule has 0 radical (unpaired) electrons. The fourth-order valence-electron chi connectivity index (χ4n) is 2.12. The third-order valence-corrected chi connectivity index (χ3v) is 5.16. The lowest BCUT2D eigenvalue weighted by Gasteiger charge is -2.06. The molecule has 1 aliphatic heterocycles. The Bertz CT molecular complexity index is 503. The monoisotopic (exact) mass is 344 g/mol. The van der Waals surface area contributed by atoms with Crippen molar-refractivity contribution in [3.8, 4) is 0 Å². The quantitative estimate of drug-likeness (QED) is 0.419. The summed E-state index contributed by atoms with van der Waals surface area (Å²) in [4.78, 5) is 23.1. The van der Waals surface area contributed by atoms with Gasteiger partial charge in [-0.2, -0.15) is 0 Å². The second kappa shape index (κ2) is 9.06. The Morgan fingerprint density at radius 1 is 1.50 bits per heavy atom. The van der Waals surface area contributed by atoms with E-state index in [0.717, 1.165) is 25.9 Å². The van der Waals surface area contributed by atoms with Gasteiger partial charge in [-0.3, -0.25) is 9.59 Å². The number of rotatable bonds is 8. The minimum Gasteiger partial charge on any atom is -0.465 e. The van der Waals surface area contributed by atoms with Crippen molar-refractivity contribution < 1.29 is 14.3 Å². The first kappa shape index (κ1) is 17.2. The van der Waals surface area contributed by atoms with E-state index in [4.69, 9.17) is 4.74 Å². The van der Waals surface area contributed by atoms with Gasteiger partial charge >= 0.3 is 5.97 Å². The first-order valence-electron chi connectivity index (χ1n) is 7.30. The smallest absolute Gasteiger partial charge is 0.316 e. The SMILES string of the molecule is CCOC(=O)CSc1nnc(NC(=O)CCC2CCNC2)s1. The highest BCUT2D eigenvalue weighted by Crippen LogP contribution is 2.25. The molecule has 1 saturated heterocycles. The van der Waals surface area contributed by atoms with E-state index in [2.05, 4.69) is 20.8 Å². The molecule has 22 heavy (non-hydrogen) atoms. The second-order valence-corrected chi connectivity index (χ2v) is 7.11. The molecular formula is C13H20N4O3S2. The molecule has 1 atom stereocenters. The van der Waals surface area contributed by atoms with Crippen LogP contribution in [0.2, 0.25) is 0 Å². The molecule has 2 N–H and O–H groups in total. The van der Waals surface area contributed by atoms with Crippen LogP contribution in [0, 0.1) is 5.92 Å². The van der Waals surface area contributed by atoms with Crippen LogP contribution >= 0.6 is 23.1 Å². The fourth-order valence-corrected chi connectivity index (χ4v) is 3.69. The average Bonchev–Trinajstić information content (AvgIpc) is 3.15. The van der Waals surface area contributed by atoms with Crippen LogP contribution in [0.15, 0.2) is 4.34 Å². The van der Waals surface area contributed by atoms with Gasteiger partial charge in [0.05, 0.1) is 12.4 Å². The summed E-state index contributed by atoms with van der Waals surface area (Å²) in [5.74, 6) is 0.477. The van der Waals surface area contributed by atoms with Gasteiger partial charge in [0, 0.05) is 6.42 Å². The molecule has 1 aliphatic rings. The first-order chi connectivity index (χ1) is 10.7. The number of amides is 1. The normalized spacial score (nSPS) is 17.4. The number of hydrogen-bond donors (Lipinski definition) is 2. The van der Waals surface area contributed by atoms with Crippen LogP contribution in [0.1, 0.15) is 26.2 Å². The molecule has 0 aliphatic carbocycles. The third-order valence-electron chi connectivity index (χ3n) is 3.21. The summed E-state index contributed by atoms with van der Waals surface area (Å²) < 4.78 is 5.48. The maximum Gasteiger partial charge on any atom is 0.316 e. The largest absolute Gasteiger partial charge is 0.465 e. The maximum absolute atomic E-state index is 11.9. The number of hydrogen-bond acceptors (Lipinski definition) is 8. The van der Waals surface area contributed by atoms with Gasteiger partial charge in [-0.05, 0) is 38.8 Å². The number of thioether (sulfide) groups is 1. The lowest BCUT2D eigenvalue weighted by atomic mass is 10.0. The van der Waals surface area contributed by atoms with Gasteiger partial charge in [0.25, 0.3) is 0 Å². The van der Waals surface area contributed by atoms with Crippen LogP contribution in [0.3, 0.4) is 0 Å². The van der Waals surface area contributed by atoms with E-state index in [1.165, 1.54) is 23.1 Å². The van der Waals surface area contributed by atoms with E-state index in [1.54, 1.807) is 6.92 Å². The molecule has 1 amide bonds. The van der Waals surface area contributed by atoms with Gasteiger partial charge < -0.3 is 15.4 Å². The summed E-state index contributed by atoms with van der Waals surface area (Å²) >= 11 is 2.53. The maximum atomic E-state index is 11.9. The number of carbonyl (C=O) groups excluding carboxylic acids is 2. The van der Waals surface area contributed by atoms with E-state index in [-0.39, 0.29) is 17.6 Å². The van der Waals surface area contributed by atoms with Crippen LogP contribution in [-0.4, -0.2) is 47.5 Å². The molecule has 2 rings (SSSR count). The molecule has 7 nitrogen and oxygen atoms in total. The van der Waals surface area contributed by atoms with E-state index in [1.807, 2.05) is 0 Å². The highest BCUT2D eigenvalue weighted by atomic mass is 32.2. The van der Waals surface area contributed by atoms with Crippen molar-refractivity contribution in [2.75, 3.05) is 30.8 Å². The van der Waals surface area contributed by atoms with Crippen molar-refractivity contribution in [2.24, 2.45) is 5.92 Å². The van der Waals surface area contributed by atoms with E-state index >= 15 is 0 Å². The molecule has 122 valence electrons. The average molecular weight is 344 g/mol. The zero-order chi connectivity index (χ0) is 15.8. The highest BCUT2D eigenvalue weighted by Gasteiger charge is 2.16. The lowest BCUT2D eigenvalue weighted by Crippen LogP contribution is -2.14. The van der Waals surface area contributed by atoms with Crippen molar-refractivity contribution >= 4 is 40.1 Å². The van der Waals surface area contributed by atoms with Crippen LogP contribution in [0.4, 0.5) is 5.13 Å². The molecule has 1 fully saturated rings. The standard InChI is InChI=1S/C13H20N4O3S2/c1-2-20-11(19)8-21-13-17-16-12(22-13)15-10(18)4-3-9-5-6-14-7-9/h9,14H,2-8H2,1H3,(H,15,16,18). The van der Waals surface area contributed by atoms with E-state index < -0.39 is 0 Å². The lowest BCUT2D eigenvalue weighted by molar-refractivity contribution is -0.139. The number of aromatic nitrogens is 2. The van der Waals surface area contributed by atoms with E-state index in [9.17, 15) is 9.59 Å². The molecule has 1 unspecified atom stereocenters. The highest BCUT2D eigenvalue weighted by molar-refractivity contribution is 8.01. The third kappa shape index (κ3) is 5.90.